The number of hydrogen-bond donors (Lipinski definition) is 2. The molecule has 0 radical (unpaired) electrons. The topological polar surface area (TPSA) is 50.4 Å². The van der Waals surface area contributed by atoms with Crippen molar-refractivity contribution < 1.29 is 9.53 Å². The van der Waals surface area contributed by atoms with E-state index in [0.717, 1.165) is 10.2 Å². The Labute approximate surface area is 132 Å². The van der Waals surface area contributed by atoms with Crippen LogP contribution in [0.5, 0.6) is 0 Å². The van der Waals surface area contributed by atoms with E-state index in [1.165, 1.54) is 12.7 Å². The highest BCUT2D eigenvalue weighted by Gasteiger charge is 2.07. The maximum atomic E-state index is 11.2. The summed E-state index contributed by atoms with van der Waals surface area (Å²) in [5, 5.41) is 6.05. The van der Waals surface area contributed by atoms with Crippen molar-refractivity contribution >= 4 is 33.4 Å². The maximum absolute atomic E-state index is 11.2. The van der Waals surface area contributed by atoms with Gasteiger partial charge in [0.1, 0.15) is 0 Å². The van der Waals surface area contributed by atoms with Crippen molar-refractivity contribution in [1.29, 1.82) is 0 Å². The van der Waals surface area contributed by atoms with Crippen LogP contribution in [0.3, 0.4) is 0 Å². The fourth-order valence-electron chi connectivity index (χ4n) is 1.96. The van der Waals surface area contributed by atoms with Crippen LogP contribution in [0.4, 0.5) is 16.2 Å². The number of hydrogen-bond acceptors (Lipinski definition) is 3. The van der Waals surface area contributed by atoms with E-state index in [1.54, 1.807) is 0 Å². The molecule has 0 aliphatic carbocycles. The number of carbonyl (C=O) groups excluding carboxylic acids is 1. The largest absolute Gasteiger partial charge is 0.453 e. The minimum atomic E-state index is -0.479. The van der Waals surface area contributed by atoms with Crippen LogP contribution in [0.1, 0.15) is 18.5 Å². The summed E-state index contributed by atoms with van der Waals surface area (Å²) in [4.78, 5) is 11.2. The zero-order valence-electron chi connectivity index (χ0n) is 11.9. The van der Waals surface area contributed by atoms with E-state index in [2.05, 4.69) is 50.4 Å². The second kappa shape index (κ2) is 7.13. The van der Waals surface area contributed by atoms with Crippen LogP contribution < -0.4 is 10.6 Å². The summed E-state index contributed by atoms with van der Waals surface area (Å²) in [7, 11) is 1.34. The van der Waals surface area contributed by atoms with Gasteiger partial charge in [0.15, 0.2) is 0 Å². The fraction of sp³-hybridized carbons (Fsp3) is 0.188. The van der Waals surface area contributed by atoms with Crippen molar-refractivity contribution in [2.24, 2.45) is 0 Å². The van der Waals surface area contributed by atoms with Gasteiger partial charge in [0.2, 0.25) is 0 Å². The minimum absolute atomic E-state index is 0.149. The van der Waals surface area contributed by atoms with Crippen molar-refractivity contribution in [2.75, 3.05) is 17.7 Å². The van der Waals surface area contributed by atoms with Crippen LogP contribution in [-0.2, 0) is 4.74 Å². The van der Waals surface area contributed by atoms with Crippen LogP contribution >= 0.6 is 15.9 Å². The Balaban J connectivity index is 2.08. The van der Waals surface area contributed by atoms with Gasteiger partial charge >= 0.3 is 6.09 Å². The molecule has 2 N–H and O–H groups in total. The van der Waals surface area contributed by atoms with E-state index in [4.69, 9.17) is 0 Å². The summed E-state index contributed by atoms with van der Waals surface area (Å²) in [5.41, 5.74) is 2.79. The Morgan fingerprint density at radius 2 is 1.86 bits per heavy atom. The van der Waals surface area contributed by atoms with E-state index in [0.29, 0.717) is 5.69 Å². The Bertz CT molecular complexity index is 631. The molecule has 21 heavy (non-hydrogen) atoms. The lowest BCUT2D eigenvalue weighted by Crippen LogP contribution is -2.11. The molecule has 2 aromatic carbocycles. The molecule has 0 saturated heterocycles. The lowest BCUT2D eigenvalue weighted by molar-refractivity contribution is 0.187. The highest BCUT2D eigenvalue weighted by Crippen LogP contribution is 2.23. The molecule has 0 spiro atoms. The number of amides is 1. The van der Waals surface area contributed by atoms with E-state index in [9.17, 15) is 4.79 Å². The van der Waals surface area contributed by atoms with Crippen LogP contribution in [0, 0.1) is 0 Å². The summed E-state index contributed by atoms with van der Waals surface area (Å²) < 4.78 is 5.63. The number of anilines is 2. The Morgan fingerprint density at radius 3 is 2.57 bits per heavy atom. The Kier molecular flexibility index (Phi) is 5.22. The van der Waals surface area contributed by atoms with Gasteiger partial charge in [-0.15, -0.1) is 0 Å². The molecule has 0 aliphatic rings. The van der Waals surface area contributed by atoms with Crippen LogP contribution in [-0.4, -0.2) is 13.2 Å². The maximum Gasteiger partial charge on any atom is 0.411 e. The highest BCUT2D eigenvalue weighted by molar-refractivity contribution is 9.10. The third-order valence-electron chi connectivity index (χ3n) is 3.03. The van der Waals surface area contributed by atoms with Gasteiger partial charge < -0.3 is 10.1 Å². The first kappa shape index (κ1) is 15.4. The zero-order chi connectivity index (χ0) is 15.2. The number of carbonyl (C=O) groups is 1. The molecular formula is C16H17BrN2O2. The van der Waals surface area contributed by atoms with Crippen molar-refractivity contribution in [3.05, 3.63) is 58.6 Å². The first-order valence-corrected chi connectivity index (χ1v) is 7.35. The average molecular weight is 349 g/mol. The number of nitrogens with one attached hydrogen (secondary N) is 2. The monoisotopic (exact) mass is 348 g/mol. The van der Waals surface area contributed by atoms with Crippen molar-refractivity contribution in [3.8, 4) is 0 Å². The van der Waals surface area contributed by atoms with E-state index in [-0.39, 0.29) is 6.04 Å². The lowest BCUT2D eigenvalue weighted by atomic mass is 10.1. The van der Waals surface area contributed by atoms with Gasteiger partial charge in [0, 0.05) is 21.9 Å². The van der Waals surface area contributed by atoms with Gasteiger partial charge in [0.05, 0.1) is 7.11 Å². The van der Waals surface area contributed by atoms with Crippen LogP contribution in [0.25, 0.3) is 0 Å². The highest BCUT2D eigenvalue weighted by atomic mass is 79.9. The molecule has 0 heterocycles. The fourth-order valence-corrected chi connectivity index (χ4v) is 2.38. The smallest absolute Gasteiger partial charge is 0.411 e. The van der Waals surface area contributed by atoms with Crippen molar-refractivity contribution in [2.45, 2.75) is 13.0 Å². The first-order chi connectivity index (χ1) is 10.1. The van der Waals surface area contributed by atoms with Gasteiger partial charge in [-0.05, 0) is 42.8 Å². The summed E-state index contributed by atoms with van der Waals surface area (Å²) >= 11 is 3.47. The van der Waals surface area contributed by atoms with E-state index >= 15 is 0 Å². The number of methoxy groups -OCH3 is 1. The van der Waals surface area contributed by atoms with Gasteiger partial charge in [-0.3, -0.25) is 5.32 Å². The molecule has 1 unspecified atom stereocenters. The zero-order valence-corrected chi connectivity index (χ0v) is 13.5. The molecule has 0 bridgehead atoms. The molecule has 0 aliphatic heterocycles. The quantitative estimate of drug-likeness (QED) is 0.834. The van der Waals surface area contributed by atoms with Crippen molar-refractivity contribution in [3.63, 3.8) is 0 Å². The molecule has 2 aromatic rings. The Hall–Kier alpha value is -2.01. The summed E-state index contributed by atoms with van der Waals surface area (Å²) in [6, 6.07) is 15.8. The molecule has 0 fully saturated rings. The first-order valence-electron chi connectivity index (χ1n) is 6.55. The van der Waals surface area contributed by atoms with Gasteiger partial charge in [-0.1, -0.05) is 34.1 Å². The SMILES string of the molecule is COC(=O)Nc1cccc(NC(C)c2cccc(Br)c2)c1. The predicted molar refractivity (Wildman–Crippen MR) is 88.6 cm³/mol. The number of ether oxygens (including phenoxy) is 1. The van der Waals surface area contributed by atoms with E-state index in [1.807, 2.05) is 36.4 Å². The standard InChI is InChI=1S/C16H17BrN2O2/c1-11(12-5-3-6-13(17)9-12)18-14-7-4-8-15(10-14)19-16(20)21-2/h3-11,18H,1-2H3,(H,19,20). The van der Waals surface area contributed by atoms with Crippen molar-refractivity contribution in [1.82, 2.24) is 0 Å². The second-order valence-corrected chi connectivity index (χ2v) is 5.53. The number of rotatable bonds is 4. The molecule has 1 atom stereocenters. The summed E-state index contributed by atoms with van der Waals surface area (Å²) in [6.45, 7) is 2.09. The van der Waals surface area contributed by atoms with Crippen LogP contribution in [0.15, 0.2) is 53.0 Å². The molecule has 110 valence electrons. The molecule has 5 heteroatoms. The predicted octanol–water partition coefficient (Wildman–Crippen LogP) is 4.80. The Morgan fingerprint density at radius 1 is 1.14 bits per heavy atom. The summed E-state index contributed by atoms with van der Waals surface area (Å²) in [5.74, 6) is 0. The number of benzene rings is 2. The second-order valence-electron chi connectivity index (χ2n) is 4.62. The molecule has 0 aromatic heterocycles. The molecule has 1 amide bonds. The third-order valence-corrected chi connectivity index (χ3v) is 3.52. The molecule has 2 rings (SSSR count). The average Bonchev–Trinajstić information content (AvgIpc) is 2.47. The van der Waals surface area contributed by atoms with Crippen LogP contribution in [0.2, 0.25) is 0 Å². The molecular weight excluding hydrogens is 332 g/mol. The van der Waals surface area contributed by atoms with Gasteiger partial charge in [-0.25, -0.2) is 4.79 Å². The summed E-state index contributed by atoms with van der Waals surface area (Å²) in [6.07, 6.45) is -0.479. The third kappa shape index (κ3) is 4.49. The number of halogens is 1. The molecule has 0 saturated carbocycles. The molecule has 4 nitrogen and oxygen atoms in total. The van der Waals surface area contributed by atoms with Gasteiger partial charge in [-0.2, -0.15) is 0 Å². The lowest BCUT2D eigenvalue weighted by Gasteiger charge is -2.16. The normalized spacial score (nSPS) is 11.6. The van der Waals surface area contributed by atoms with E-state index < -0.39 is 6.09 Å². The minimum Gasteiger partial charge on any atom is -0.453 e. The van der Waals surface area contributed by atoms with Gasteiger partial charge in [0.25, 0.3) is 0 Å².